The van der Waals surface area contributed by atoms with E-state index in [4.69, 9.17) is 0 Å². The van der Waals surface area contributed by atoms with Gasteiger partial charge in [0.25, 0.3) is 0 Å². The van der Waals surface area contributed by atoms with Gasteiger partial charge in [0.1, 0.15) is 5.82 Å². The lowest BCUT2D eigenvalue weighted by Crippen LogP contribution is -2.27. The average Bonchev–Trinajstić information content (AvgIpc) is 3.17. The number of rotatable bonds is 5. The van der Waals surface area contributed by atoms with Crippen LogP contribution in [0.1, 0.15) is 18.4 Å². The summed E-state index contributed by atoms with van der Waals surface area (Å²) in [4.78, 5) is 12.2. The molecular formula is C19H19FN2O3S. The van der Waals surface area contributed by atoms with Crippen LogP contribution in [0.4, 0.5) is 10.1 Å². The van der Waals surface area contributed by atoms with Crippen molar-refractivity contribution in [2.45, 2.75) is 17.7 Å². The summed E-state index contributed by atoms with van der Waals surface area (Å²) >= 11 is 0. The maximum Gasteiger partial charge on any atom is 0.248 e. The maximum absolute atomic E-state index is 12.8. The fourth-order valence-corrected chi connectivity index (χ4v) is 4.23. The van der Waals surface area contributed by atoms with Crippen LogP contribution in [0.5, 0.6) is 0 Å². The summed E-state index contributed by atoms with van der Waals surface area (Å²) in [6.45, 7) is 1.10. The van der Waals surface area contributed by atoms with Gasteiger partial charge in [-0.15, -0.1) is 0 Å². The van der Waals surface area contributed by atoms with E-state index < -0.39 is 10.0 Å². The number of carbonyl (C=O) groups excluding carboxylic acids is 1. The second-order valence-corrected chi connectivity index (χ2v) is 7.95. The zero-order valence-corrected chi connectivity index (χ0v) is 14.9. The third-order valence-electron chi connectivity index (χ3n) is 4.12. The molecule has 0 radical (unpaired) electrons. The van der Waals surface area contributed by atoms with Crippen molar-refractivity contribution in [2.75, 3.05) is 18.4 Å². The van der Waals surface area contributed by atoms with Gasteiger partial charge in [-0.3, -0.25) is 4.79 Å². The number of benzene rings is 2. The van der Waals surface area contributed by atoms with Crippen LogP contribution >= 0.6 is 0 Å². The van der Waals surface area contributed by atoms with E-state index in [-0.39, 0.29) is 16.6 Å². The smallest absolute Gasteiger partial charge is 0.248 e. The summed E-state index contributed by atoms with van der Waals surface area (Å²) in [5.74, 6) is -0.694. The van der Waals surface area contributed by atoms with Gasteiger partial charge in [-0.25, -0.2) is 12.8 Å². The third kappa shape index (κ3) is 4.36. The fourth-order valence-electron chi connectivity index (χ4n) is 2.72. The van der Waals surface area contributed by atoms with E-state index in [1.807, 2.05) is 0 Å². The number of anilines is 1. The molecule has 1 aliphatic rings. The third-order valence-corrected chi connectivity index (χ3v) is 6.03. The van der Waals surface area contributed by atoms with Gasteiger partial charge < -0.3 is 5.32 Å². The lowest BCUT2D eigenvalue weighted by molar-refractivity contribution is -0.111. The minimum absolute atomic E-state index is 0.222. The van der Waals surface area contributed by atoms with Crippen LogP contribution in [-0.4, -0.2) is 31.7 Å². The van der Waals surface area contributed by atoms with Gasteiger partial charge in [0.15, 0.2) is 0 Å². The van der Waals surface area contributed by atoms with Crippen LogP contribution in [0, 0.1) is 5.82 Å². The highest BCUT2D eigenvalue weighted by Crippen LogP contribution is 2.22. The lowest BCUT2D eigenvalue weighted by Gasteiger charge is -2.15. The molecule has 26 heavy (non-hydrogen) atoms. The van der Waals surface area contributed by atoms with E-state index in [0.717, 1.165) is 12.8 Å². The summed E-state index contributed by atoms with van der Waals surface area (Å²) in [7, 11) is -3.46. The number of carbonyl (C=O) groups is 1. The SMILES string of the molecule is O=C(/C=C/c1ccc(F)cc1)Nc1ccc(S(=O)(=O)N2CCCC2)cc1. The molecule has 2 aromatic rings. The Morgan fingerprint density at radius 1 is 1.00 bits per heavy atom. The van der Waals surface area contributed by atoms with Crippen molar-refractivity contribution < 1.29 is 17.6 Å². The van der Waals surface area contributed by atoms with Crippen LogP contribution in [-0.2, 0) is 14.8 Å². The van der Waals surface area contributed by atoms with E-state index in [1.165, 1.54) is 34.6 Å². The quantitative estimate of drug-likeness (QED) is 0.817. The summed E-state index contributed by atoms with van der Waals surface area (Å²) in [6, 6.07) is 11.9. The number of hydrogen-bond donors (Lipinski definition) is 1. The molecule has 0 saturated carbocycles. The Kier molecular flexibility index (Phi) is 5.49. The zero-order chi connectivity index (χ0) is 18.6. The molecule has 1 heterocycles. The standard InChI is InChI=1S/C19H19FN2O3S/c20-16-6-3-15(4-7-16)5-12-19(23)21-17-8-10-18(11-9-17)26(24,25)22-13-1-2-14-22/h3-12H,1-2,13-14H2,(H,21,23)/b12-5+. The maximum atomic E-state index is 12.8. The molecular weight excluding hydrogens is 355 g/mol. The first-order chi connectivity index (χ1) is 12.4. The minimum atomic E-state index is -3.46. The molecule has 0 bridgehead atoms. The first-order valence-electron chi connectivity index (χ1n) is 8.30. The normalized spacial score (nSPS) is 15.4. The Hall–Kier alpha value is -2.51. The summed E-state index contributed by atoms with van der Waals surface area (Å²) in [5, 5.41) is 2.66. The van der Waals surface area contributed by atoms with Crippen molar-refractivity contribution in [1.29, 1.82) is 0 Å². The molecule has 136 valence electrons. The van der Waals surface area contributed by atoms with Gasteiger partial charge in [-0.1, -0.05) is 12.1 Å². The molecule has 1 fully saturated rings. The van der Waals surface area contributed by atoms with Crippen molar-refractivity contribution in [1.82, 2.24) is 4.31 Å². The molecule has 1 N–H and O–H groups in total. The van der Waals surface area contributed by atoms with Crippen molar-refractivity contribution in [3.8, 4) is 0 Å². The molecule has 3 rings (SSSR count). The second kappa shape index (κ2) is 7.80. The molecule has 2 aromatic carbocycles. The molecule has 0 spiro atoms. The van der Waals surface area contributed by atoms with Crippen molar-refractivity contribution in [3.63, 3.8) is 0 Å². The molecule has 1 aliphatic heterocycles. The molecule has 1 amide bonds. The highest BCUT2D eigenvalue weighted by Gasteiger charge is 2.26. The van der Waals surface area contributed by atoms with Gasteiger partial charge in [-0.05, 0) is 60.9 Å². The molecule has 7 heteroatoms. The largest absolute Gasteiger partial charge is 0.323 e. The predicted octanol–water partition coefficient (Wildman–Crippen LogP) is 3.26. The fraction of sp³-hybridized carbons (Fsp3) is 0.211. The van der Waals surface area contributed by atoms with E-state index in [0.29, 0.717) is 24.3 Å². The Balaban J connectivity index is 1.63. The van der Waals surface area contributed by atoms with E-state index in [1.54, 1.807) is 30.3 Å². The number of sulfonamides is 1. The number of halogens is 1. The topological polar surface area (TPSA) is 66.5 Å². The first kappa shape index (κ1) is 18.3. The van der Waals surface area contributed by atoms with E-state index in [2.05, 4.69) is 5.32 Å². The summed E-state index contributed by atoms with van der Waals surface area (Å²) in [6.07, 6.45) is 4.67. The van der Waals surface area contributed by atoms with Gasteiger partial charge in [0, 0.05) is 24.9 Å². The lowest BCUT2D eigenvalue weighted by atomic mass is 10.2. The Labute approximate surface area is 152 Å². The molecule has 5 nitrogen and oxygen atoms in total. The van der Waals surface area contributed by atoms with Gasteiger partial charge in [0.05, 0.1) is 4.90 Å². The molecule has 0 unspecified atom stereocenters. The second-order valence-electron chi connectivity index (χ2n) is 6.01. The van der Waals surface area contributed by atoms with Gasteiger partial charge in [-0.2, -0.15) is 4.31 Å². The predicted molar refractivity (Wildman–Crippen MR) is 98.5 cm³/mol. The summed E-state index contributed by atoms with van der Waals surface area (Å²) < 4.78 is 39.2. The number of amides is 1. The number of hydrogen-bond acceptors (Lipinski definition) is 3. The van der Waals surface area contributed by atoms with Crippen LogP contribution in [0.3, 0.4) is 0 Å². The van der Waals surface area contributed by atoms with E-state index >= 15 is 0 Å². The van der Waals surface area contributed by atoms with Crippen LogP contribution in [0.15, 0.2) is 59.5 Å². The molecule has 0 aliphatic carbocycles. The van der Waals surface area contributed by atoms with Crippen LogP contribution < -0.4 is 5.32 Å². The Morgan fingerprint density at radius 3 is 2.23 bits per heavy atom. The molecule has 0 atom stereocenters. The van der Waals surface area contributed by atoms with Crippen molar-refractivity contribution >= 4 is 27.7 Å². The average molecular weight is 374 g/mol. The number of nitrogens with zero attached hydrogens (tertiary/aromatic N) is 1. The van der Waals surface area contributed by atoms with Gasteiger partial charge >= 0.3 is 0 Å². The molecule has 1 saturated heterocycles. The highest BCUT2D eigenvalue weighted by molar-refractivity contribution is 7.89. The summed E-state index contributed by atoms with van der Waals surface area (Å²) in [5.41, 5.74) is 1.20. The van der Waals surface area contributed by atoms with Gasteiger partial charge in [0.2, 0.25) is 15.9 Å². The first-order valence-corrected chi connectivity index (χ1v) is 9.74. The zero-order valence-electron chi connectivity index (χ0n) is 14.1. The highest BCUT2D eigenvalue weighted by atomic mass is 32.2. The molecule has 0 aromatic heterocycles. The van der Waals surface area contributed by atoms with Crippen molar-refractivity contribution in [3.05, 3.63) is 66.0 Å². The Bertz CT molecular complexity index is 901. The number of nitrogens with one attached hydrogen (secondary N) is 1. The Morgan fingerprint density at radius 2 is 1.62 bits per heavy atom. The van der Waals surface area contributed by atoms with Crippen LogP contribution in [0.25, 0.3) is 6.08 Å². The monoisotopic (exact) mass is 374 g/mol. The van der Waals surface area contributed by atoms with Crippen molar-refractivity contribution in [2.24, 2.45) is 0 Å². The van der Waals surface area contributed by atoms with Crippen LogP contribution in [0.2, 0.25) is 0 Å². The minimum Gasteiger partial charge on any atom is -0.323 e. The van der Waals surface area contributed by atoms with E-state index in [9.17, 15) is 17.6 Å².